The maximum atomic E-state index is 12.1. The van der Waals surface area contributed by atoms with Gasteiger partial charge in [-0.25, -0.2) is 0 Å². The SMILES string of the molecule is CC(C)(N)C(=O)NCC1(c2cccc(Cl)c2)CCOCC1. The van der Waals surface area contributed by atoms with E-state index in [-0.39, 0.29) is 11.3 Å². The van der Waals surface area contributed by atoms with E-state index in [1.54, 1.807) is 13.8 Å². The molecule has 0 spiro atoms. The number of amides is 1. The highest BCUT2D eigenvalue weighted by atomic mass is 35.5. The quantitative estimate of drug-likeness (QED) is 0.896. The lowest BCUT2D eigenvalue weighted by Crippen LogP contribution is -2.53. The van der Waals surface area contributed by atoms with Gasteiger partial charge in [-0.15, -0.1) is 0 Å². The molecule has 5 heteroatoms. The minimum absolute atomic E-state index is 0.135. The predicted molar refractivity (Wildman–Crippen MR) is 84.5 cm³/mol. The Kier molecular flexibility index (Phi) is 4.91. The second-order valence-corrected chi connectivity index (χ2v) is 6.74. The van der Waals surface area contributed by atoms with Gasteiger partial charge in [0.15, 0.2) is 0 Å². The van der Waals surface area contributed by atoms with Crippen LogP contribution in [0.5, 0.6) is 0 Å². The van der Waals surface area contributed by atoms with Gasteiger partial charge < -0.3 is 15.8 Å². The molecule has 3 N–H and O–H groups in total. The fraction of sp³-hybridized carbons (Fsp3) is 0.562. The Bertz CT molecular complexity index is 505. The Hall–Kier alpha value is -1.10. The van der Waals surface area contributed by atoms with Gasteiger partial charge in [0.1, 0.15) is 0 Å². The molecule has 0 aliphatic carbocycles. The Morgan fingerprint density at radius 2 is 2.10 bits per heavy atom. The van der Waals surface area contributed by atoms with E-state index in [9.17, 15) is 4.79 Å². The average molecular weight is 311 g/mol. The summed E-state index contributed by atoms with van der Waals surface area (Å²) in [4.78, 5) is 12.1. The number of carbonyl (C=O) groups is 1. The van der Waals surface area contributed by atoms with Crippen LogP contribution in [0, 0.1) is 0 Å². The third-order valence-corrected chi connectivity index (χ3v) is 4.29. The fourth-order valence-corrected chi connectivity index (χ4v) is 2.82. The van der Waals surface area contributed by atoms with Crippen LogP contribution in [0.3, 0.4) is 0 Å². The molecule has 1 aliphatic heterocycles. The highest BCUT2D eigenvalue weighted by molar-refractivity contribution is 6.30. The maximum Gasteiger partial charge on any atom is 0.239 e. The van der Waals surface area contributed by atoms with Gasteiger partial charge in [0.05, 0.1) is 5.54 Å². The third-order valence-electron chi connectivity index (χ3n) is 4.06. The Balaban J connectivity index is 2.20. The van der Waals surface area contributed by atoms with Crippen LogP contribution in [-0.2, 0) is 14.9 Å². The van der Waals surface area contributed by atoms with Crippen molar-refractivity contribution in [2.45, 2.75) is 37.6 Å². The number of ether oxygens (including phenoxy) is 1. The summed E-state index contributed by atoms with van der Waals surface area (Å²) in [6.45, 7) is 5.34. The summed E-state index contributed by atoms with van der Waals surface area (Å²) >= 11 is 6.12. The molecule has 1 aliphatic rings. The lowest BCUT2D eigenvalue weighted by molar-refractivity contribution is -0.125. The molecule has 1 fully saturated rings. The van der Waals surface area contributed by atoms with Crippen molar-refractivity contribution in [2.75, 3.05) is 19.8 Å². The number of rotatable bonds is 4. The minimum atomic E-state index is -0.874. The summed E-state index contributed by atoms with van der Waals surface area (Å²) in [5, 5.41) is 3.70. The normalized spacial score (nSPS) is 18.3. The van der Waals surface area contributed by atoms with Crippen LogP contribution >= 0.6 is 11.6 Å². The van der Waals surface area contributed by atoms with Crippen molar-refractivity contribution < 1.29 is 9.53 Å². The monoisotopic (exact) mass is 310 g/mol. The summed E-state index contributed by atoms with van der Waals surface area (Å²) in [5.41, 5.74) is 5.98. The standard InChI is InChI=1S/C16H23ClN2O2/c1-15(2,18)14(20)19-11-16(6-8-21-9-7-16)12-4-3-5-13(17)10-12/h3-5,10H,6-9,11,18H2,1-2H3,(H,19,20). The van der Waals surface area contributed by atoms with Crippen molar-refractivity contribution in [3.63, 3.8) is 0 Å². The molecule has 1 aromatic rings. The lowest BCUT2D eigenvalue weighted by atomic mass is 9.74. The van der Waals surface area contributed by atoms with Gasteiger partial charge in [0.25, 0.3) is 0 Å². The van der Waals surface area contributed by atoms with Crippen molar-refractivity contribution in [3.8, 4) is 0 Å². The molecule has 1 aromatic carbocycles. The first kappa shape index (κ1) is 16.3. The maximum absolute atomic E-state index is 12.1. The zero-order chi connectivity index (χ0) is 15.5. The third kappa shape index (κ3) is 3.96. The second-order valence-electron chi connectivity index (χ2n) is 6.31. The van der Waals surface area contributed by atoms with Gasteiger partial charge in [0, 0.05) is 30.2 Å². The molecule has 0 aromatic heterocycles. The zero-order valence-corrected chi connectivity index (χ0v) is 13.4. The van der Waals surface area contributed by atoms with Crippen LogP contribution in [0.4, 0.5) is 0 Å². The van der Waals surface area contributed by atoms with Gasteiger partial charge >= 0.3 is 0 Å². The summed E-state index contributed by atoms with van der Waals surface area (Å²) in [6.07, 6.45) is 1.72. The number of carbonyl (C=O) groups excluding carboxylic acids is 1. The van der Waals surface area contributed by atoms with E-state index in [0.29, 0.717) is 24.8 Å². The molecular formula is C16H23ClN2O2. The van der Waals surface area contributed by atoms with Crippen molar-refractivity contribution in [3.05, 3.63) is 34.9 Å². The van der Waals surface area contributed by atoms with E-state index in [0.717, 1.165) is 18.4 Å². The molecular weight excluding hydrogens is 288 g/mol. The Morgan fingerprint density at radius 1 is 1.43 bits per heavy atom. The van der Waals surface area contributed by atoms with Crippen LogP contribution in [-0.4, -0.2) is 31.2 Å². The topological polar surface area (TPSA) is 64.4 Å². The largest absolute Gasteiger partial charge is 0.381 e. The van der Waals surface area contributed by atoms with Crippen molar-refractivity contribution in [1.82, 2.24) is 5.32 Å². The first-order valence-corrected chi connectivity index (χ1v) is 7.62. The van der Waals surface area contributed by atoms with Gasteiger partial charge in [-0.3, -0.25) is 4.79 Å². The summed E-state index contributed by atoms with van der Waals surface area (Å²) < 4.78 is 5.48. The molecule has 0 atom stereocenters. The van der Waals surface area contributed by atoms with Crippen LogP contribution in [0.1, 0.15) is 32.3 Å². The number of nitrogens with one attached hydrogen (secondary N) is 1. The van der Waals surface area contributed by atoms with E-state index >= 15 is 0 Å². The smallest absolute Gasteiger partial charge is 0.239 e. The molecule has 116 valence electrons. The Labute approximate surface area is 131 Å². The number of halogens is 1. The molecule has 0 saturated carbocycles. The second kappa shape index (κ2) is 6.34. The summed E-state index contributed by atoms with van der Waals surface area (Å²) in [5.74, 6) is -0.143. The van der Waals surface area contributed by atoms with Gasteiger partial charge in [-0.2, -0.15) is 0 Å². The minimum Gasteiger partial charge on any atom is -0.381 e. The molecule has 0 bridgehead atoms. The number of hydrogen-bond donors (Lipinski definition) is 2. The van der Waals surface area contributed by atoms with Crippen molar-refractivity contribution in [1.29, 1.82) is 0 Å². The first-order valence-electron chi connectivity index (χ1n) is 7.24. The van der Waals surface area contributed by atoms with Crippen LogP contribution in [0.25, 0.3) is 0 Å². The average Bonchev–Trinajstić information content (AvgIpc) is 2.45. The fourth-order valence-electron chi connectivity index (χ4n) is 2.63. The first-order chi connectivity index (χ1) is 9.83. The van der Waals surface area contributed by atoms with Crippen molar-refractivity contribution in [2.24, 2.45) is 5.73 Å². The number of nitrogens with two attached hydrogens (primary N) is 1. The summed E-state index contributed by atoms with van der Waals surface area (Å²) in [7, 11) is 0. The van der Waals surface area contributed by atoms with Gasteiger partial charge in [0.2, 0.25) is 5.91 Å². The Morgan fingerprint density at radius 3 is 2.67 bits per heavy atom. The van der Waals surface area contributed by atoms with Crippen molar-refractivity contribution >= 4 is 17.5 Å². The summed E-state index contributed by atoms with van der Waals surface area (Å²) in [6, 6.07) is 7.85. The zero-order valence-electron chi connectivity index (χ0n) is 12.6. The van der Waals surface area contributed by atoms with Gasteiger partial charge in [-0.05, 0) is 44.4 Å². The van der Waals surface area contributed by atoms with Crippen LogP contribution in [0.2, 0.25) is 5.02 Å². The molecule has 1 heterocycles. The lowest BCUT2D eigenvalue weighted by Gasteiger charge is -2.38. The molecule has 4 nitrogen and oxygen atoms in total. The van der Waals surface area contributed by atoms with Gasteiger partial charge in [-0.1, -0.05) is 23.7 Å². The van der Waals surface area contributed by atoms with E-state index in [4.69, 9.17) is 22.1 Å². The molecule has 1 amide bonds. The van der Waals surface area contributed by atoms with E-state index < -0.39 is 5.54 Å². The molecule has 1 saturated heterocycles. The highest BCUT2D eigenvalue weighted by Crippen LogP contribution is 2.35. The number of hydrogen-bond acceptors (Lipinski definition) is 3. The molecule has 2 rings (SSSR count). The van der Waals surface area contributed by atoms with E-state index in [1.807, 2.05) is 18.2 Å². The molecule has 0 radical (unpaired) electrons. The van der Waals surface area contributed by atoms with E-state index in [2.05, 4.69) is 11.4 Å². The van der Waals surface area contributed by atoms with Crippen LogP contribution in [0.15, 0.2) is 24.3 Å². The predicted octanol–water partition coefficient (Wildman–Crippen LogP) is 2.24. The molecule has 21 heavy (non-hydrogen) atoms. The highest BCUT2D eigenvalue weighted by Gasteiger charge is 2.36. The number of benzene rings is 1. The molecule has 0 unspecified atom stereocenters. The van der Waals surface area contributed by atoms with Crippen LogP contribution < -0.4 is 11.1 Å². The van der Waals surface area contributed by atoms with E-state index in [1.165, 1.54) is 0 Å².